The van der Waals surface area contributed by atoms with Crippen molar-refractivity contribution in [1.29, 1.82) is 0 Å². The van der Waals surface area contributed by atoms with Crippen LogP contribution < -0.4 is 5.32 Å². The predicted octanol–water partition coefficient (Wildman–Crippen LogP) is 4.25. The van der Waals surface area contributed by atoms with Gasteiger partial charge in [-0.25, -0.2) is 4.39 Å². The topological polar surface area (TPSA) is 68.5 Å². The van der Waals surface area contributed by atoms with Gasteiger partial charge in [0.2, 0.25) is 0 Å². The Labute approximate surface area is 156 Å². The maximum atomic E-state index is 13.2. The lowest BCUT2D eigenvalue weighted by atomic mass is 10.1. The Kier molecular flexibility index (Phi) is 5.54. The Morgan fingerprint density at radius 1 is 1.22 bits per heavy atom. The molecule has 1 aromatic heterocycles. The number of hydrogen-bond donors (Lipinski definition) is 1. The number of amides is 1. The van der Waals surface area contributed by atoms with Crippen molar-refractivity contribution in [3.63, 3.8) is 0 Å². The summed E-state index contributed by atoms with van der Waals surface area (Å²) in [6.07, 6.45) is 1.41. The monoisotopic (exact) mass is 369 g/mol. The summed E-state index contributed by atoms with van der Waals surface area (Å²) in [6.45, 7) is 3.52. The van der Waals surface area contributed by atoms with Crippen molar-refractivity contribution in [3.8, 4) is 0 Å². The van der Waals surface area contributed by atoms with Gasteiger partial charge in [0.1, 0.15) is 11.4 Å². The Bertz CT molecular complexity index is 979. The zero-order valence-electron chi connectivity index (χ0n) is 15.1. The molecule has 2 aromatic carbocycles. The second kappa shape index (κ2) is 8.03. The van der Waals surface area contributed by atoms with E-state index in [4.69, 9.17) is 9.15 Å². The minimum Gasteiger partial charge on any atom is -0.464 e. The van der Waals surface area contributed by atoms with Gasteiger partial charge in [-0.3, -0.25) is 9.59 Å². The van der Waals surface area contributed by atoms with Crippen LogP contribution in [0.15, 0.2) is 53.1 Å². The van der Waals surface area contributed by atoms with E-state index >= 15 is 0 Å². The first kappa shape index (κ1) is 18.6. The van der Waals surface area contributed by atoms with Crippen molar-refractivity contribution >= 4 is 28.5 Å². The summed E-state index contributed by atoms with van der Waals surface area (Å²) in [5.74, 6) is -1.53. The van der Waals surface area contributed by atoms with E-state index in [9.17, 15) is 14.0 Å². The Balaban J connectivity index is 1.61. The molecule has 6 heteroatoms. The van der Waals surface area contributed by atoms with Gasteiger partial charge >= 0.3 is 5.97 Å². The first-order valence-electron chi connectivity index (χ1n) is 8.71. The fraction of sp³-hybridized carbons (Fsp3) is 0.238. The maximum absolute atomic E-state index is 13.2. The number of nitrogens with one attached hydrogen (secondary N) is 1. The van der Waals surface area contributed by atoms with E-state index in [1.54, 1.807) is 6.07 Å². The summed E-state index contributed by atoms with van der Waals surface area (Å²) >= 11 is 0. The molecular weight excluding hydrogens is 349 g/mol. The number of carbonyl (C=O) groups is 2. The minimum atomic E-state index is -1.01. The number of benzene rings is 2. The molecule has 1 atom stereocenters. The molecule has 1 heterocycles. The number of fused-ring (bicyclic) bond motifs is 1. The number of esters is 1. The van der Waals surface area contributed by atoms with Gasteiger partial charge in [0.05, 0.1) is 12.7 Å². The van der Waals surface area contributed by atoms with Crippen molar-refractivity contribution in [2.75, 3.05) is 5.32 Å². The highest BCUT2D eigenvalue weighted by atomic mass is 19.1. The Morgan fingerprint density at radius 2 is 2.04 bits per heavy atom. The highest BCUT2D eigenvalue weighted by Crippen LogP contribution is 2.23. The van der Waals surface area contributed by atoms with Crippen LogP contribution in [0, 0.1) is 5.82 Å². The molecule has 0 aliphatic heterocycles. The third kappa shape index (κ3) is 4.53. The molecule has 3 aromatic rings. The molecule has 0 saturated heterocycles. The van der Waals surface area contributed by atoms with Crippen LogP contribution in [0.5, 0.6) is 0 Å². The van der Waals surface area contributed by atoms with E-state index in [2.05, 4.69) is 12.2 Å². The maximum Gasteiger partial charge on any atom is 0.311 e. The molecular formula is C21H20FNO4. The molecule has 3 rings (SSSR count). The smallest absolute Gasteiger partial charge is 0.311 e. The zero-order chi connectivity index (χ0) is 19.4. The van der Waals surface area contributed by atoms with Gasteiger partial charge in [-0.15, -0.1) is 0 Å². The third-order valence-corrected chi connectivity index (χ3v) is 4.23. The quantitative estimate of drug-likeness (QED) is 0.660. The van der Waals surface area contributed by atoms with Crippen LogP contribution >= 0.6 is 0 Å². The van der Waals surface area contributed by atoms with Crippen molar-refractivity contribution in [1.82, 2.24) is 0 Å². The highest BCUT2D eigenvalue weighted by Gasteiger charge is 2.19. The van der Waals surface area contributed by atoms with Gasteiger partial charge in [0.15, 0.2) is 6.10 Å². The van der Waals surface area contributed by atoms with E-state index in [1.165, 1.54) is 31.4 Å². The van der Waals surface area contributed by atoms with Gasteiger partial charge < -0.3 is 14.5 Å². The van der Waals surface area contributed by atoms with Crippen LogP contribution in [0.25, 0.3) is 11.0 Å². The fourth-order valence-electron chi connectivity index (χ4n) is 2.74. The van der Waals surface area contributed by atoms with Crippen LogP contribution in [0.1, 0.15) is 25.0 Å². The predicted molar refractivity (Wildman–Crippen MR) is 99.9 cm³/mol. The standard InChI is InChI=1S/C21H20FNO4/c1-3-14-7-8-18-15(12-26-19(18)9-14)10-20(24)27-13(2)21(25)23-17-6-4-5-16(22)11-17/h4-9,11-13H,3,10H2,1-2H3,(H,23,25)/t13-/m0/s1. The first-order chi connectivity index (χ1) is 13.0. The number of anilines is 1. The van der Waals surface area contributed by atoms with E-state index in [-0.39, 0.29) is 6.42 Å². The first-order valence-corrected chi connectivity index (χ1v) is 8.71. The summed E-state index contributed by atoms with van der Waals surface area (Å²) in [5, 5.41) is 3.36. The van der Waals surface area contributed by atoms with Crippen molar-refractivity contribution in [2.45, 2.75) is 32.8 Å². The van der Waals surface area contributed by atoms with Crippen LogP contribution in [0.2, 0.25) is 0 Å². The summed E-state index contributed by atoms with van der Waals surface area (Å²) < 4.78 is 23.9. The molecule has 0 unspecified atom stereocenters. The lowest BCUT2D eigenvalue weighted by Gasteiger charge is -2.13. The average molecular weight is 369 g/mol. The van der Waals surface area contributed by atoms with Crippen LogP contribution in [0.3, 0.4) is 0 Å². The van der Waals surface area contributed by atoms with Crippen LogP contribution in [0.4, 0.5) is 10.1 Å². The van der Waals surface area contributed by atoms with Crippen LogP contribution in [-0.2, 0) is 27.2 Å². The molecule has 0 fully saturated rings. The zero-order valence-corrected chi connectivity index (χ0v) is 15.1. The molecule has 0 bridgehead atoms. The number of hydrogen-bond acceptors (Lipinski definition) is 4. The number of ether oxygens (including phenoxy) is 1. The summed E-state index contributed by atoms with van der Waals surface area (Å²) in [7, 11) is 0. The van der Waals surface area contributed by atoms with E-state index in [1.807, 2.05) is 18.2 Å². The van der Waals surface area contributed by atoms with Crippen molar-refractivity contribution in [3.05, 3.63) is 65.7 Å². The van der Waals surface area contributed by atoms with Gasteiger partial charge in [0.25, 0.3) is 5.91 Å². The normalized spacial score (nSPS) is 12.0. The fourth-order valence-corrected chi connectivity index (χ4v) is 2.74. The van der Waals surface area contributed by atoms with Gasteiger partial charge in [0, 0.05) is 16.6 Å². The number of carbonyl (C=O) groups excluding carboxylic acids is 2. The summed E-state index contributed by atoms with van der Waals surface area (Å²) in [4.78, 5) is 24.3. The summed E-state index contributed by atoms with van der Waals surface area (Å²) in [5.41, 5.74) is 2.87. The highest BCUT2D eigenvalue weighted by molar-refractivity contribution is 5.95. The molecule has 0 aliphatic rings. The number of halogens is 1. The van der Waals surface area contributed by atoms with E-state index in [0.29, 0.717) is 16.8 Å². The second-order valence-electron chi connectivity index (χ2n) is 6.25. The van der Waals surface area contributed by atoms with E-state index < -0.39 is 23.8 Å². The molecule has 27 heavy (non-hydrogen) atoms. The SMILES string of the molecule is CCc1ccc2c(CC(=O)O[C@@H](C)C(=O)Nc3cccc(F)c3)coc2c1. The third-order valence-electron chi connectivity index (χ3n) is 4.23. The number of furan rings is 1. The molecule has 0 aliphatic carbocycles. The molecule has 1 N–H and O–H groups in total. The van der Waals surface area contributed by atoms with Crippen molar-refractivity contribution < 1.29 is 23.1 Å². The molecule has 0 spiro atoms. The molecule has 1 amide bonds. The number of aryl methyl sites for hydroxylation is 1. The minimum absolute atomic E-state index is 0.00391. The lowest BCUT2D eigenvalue weighted by Crippen LogP contribution is -2.30. The Morgan fingerprint density at radius 3 is 2.78 bits per heavy atom. The van der Waals surface area contributed by atoms with E-state index in [0.717, 1.165) is 17.4 Å². The number of rotatable bonds is 6. The summed E-state index contributed by atoms with van der Waals surface area (Å²) in [6, 6.07) is 11.3. The Hall–Kier alpha value is -3.15. The lowest BCUT2D eigenvalue weighted by molar-refractivity contribution is -0.152. The molecule has 5 nitrogen and oxygen atoms in total. The molecule has 140 valence electrons. The van der Waals surface area contributed by atoms with Crippen molar-refractivity contribution in [2.24, 2.45) is 0 Å². The largest absolute Gasteiger partial charge is 0.464 e. The molecule has 0 radical (unpaired) electrons. The second-order valence-corrected chi connectivity index (χ2v) is 6.25. The average Bonchev–Trinajstić information content (AvgIpc) is 3.03. The van der Waals surface area contributed by atoms with Gasteiger partial charge in [-0.1, -0.05) is 25.1 Å². The van der Waals surface area contributed by atoms with Gasteiger partial charge in [-0.2, -0.15) is 0 Å². The van der Waals surface area contributed by atoms with Gasteiger partial charge in [-0.05, 0) is 43.2 Å². The van der Waals surface area contributed by atoms with Crippen LogP contribution in [-0.4, -0.2) is 18.0 Å². The molecule has 0 saturated carbocycles.